The quantitative estimate of drug-likeness (QED) is 0.284. The van der Waals surface area contributed by atoms with Gasteiger partial charge in [-0.25, -0.2) is 4.79 Å². The molecule has 0 amide bonds. The predicted octanol–water partition coefficient (Wildman–Crippen LogP) is 0.640. The average Bonchev–Trinajstić information content (AvgIpc) is 2.88. The molecule has 10 heteroatoms. The molecule has 2 rings (SSSR count). The fraction of sp³-hybridized carbons (Fsp3) is 0.412. The first kappa shape index (κ1) is 20.5. The largest absolute Gasteiger partial charge is 0.481 e. The normalized spacial score (nSPS) is 18.0. The van der Waals surface area contributed by atoms with Crippen LogP contribution < -0.4 is 0 Å². The van der Waals surface area contributed by atoms with Crippen molar-refractivity contribution in [2.24, 2.45) is 0 Å². The van der Waals surface area contributed by atoms with Crippen LogP contribution in [0.4, 0.5) is 0 Å². The zero-order chi connectivity index (χ0) is 20.0. The summed E-state index contributed by atoms with van der Waals surface area (Å²) in [7, 11) is 0. The van der Waals surface area contributed by atoms with Gasteiger partial charge in [0, 0.05) is 18.1 Å². The number of rotatable bonds is 11. The van der Waals surface area contributed by atoms with E-state index in [2.05, 4.69) is 0 Å². The number of carboxylic acid groups (broad SMARTS) is 2. The second-order valence-electron chi connectivity index (χ2n) is 5.93. The molecular weight excluding hydrogens is 362 g/mol. The van der Waals surface area contributed by atoms with Gasteiger partial charge < -0.3 is 24.8 Å². The lowest BCUT2D eigenvalue weighted by Crippen LogP contribution is -2.24. The molecule has 0 saturated carbocycles. The highest BCUT2D eigenvalue weighted by atomic mass is 16.6. The number of benzene rings is 1. The van der Waals surface area contributed by atoms with E-state index in [0.29, 0.717) is 0 Å². The maximum Gasteiger partial charge on any atom is 0.329 e. The van der Waals surface area contributed by atoms with E-state index in [1.165, 1.54) is 12.1 Å². The molecule has 0 aromatic heterocycles. The van der Waals surface area contributed by atoms with E-state index in [9.17, 15) is 24.8 Å². The Morgan fingerprint density at radius 1 is 1.11 bits per heavy atom. The molecule has 0 saturated heterocycles. The van der Waals surface area contributed by atoms with Crippen LogP contribution in [0, 0.1) is 10.1 Å². The van der Waals surface area contributed by atoms with Crippen LogP contribution in [-0.2, 0) is 31.1 Å². The van der Waals surface area contributed by atoms with E-state index in [1.54, 1.807) is 6.07 Å². The summed E-state index contributed by atoms with van der Waals surface area (Å²) < 4.78 is 10.1. The Kier molecular flexibility index (Phi) is 6.61. The topological polar surface area (TPSA) is 156 Å². The fourth-order valence-electron chi connectivity index (χ4n) is 2.91. The van der Waals surface area contributed by atoms with E-state index in [0.717, 1.165) is 6.08 Å². The molecule has 0 fully saturated rings. The van der Waals surface area contributed by atoms with Gasteiger partial charge in [0.15, 0.2) is 0 Å². The third kappa shape index (κ3) is 5.09. The third-order valence-electron chi connectivity index (χ3n) is 4.01. The lowest BCUT2D eigenvalue weighted by Gasteiger charge is -2.22. The number of carboxylic acids is 2. The molecule has 1 aliphatic carbocycles. The first-order chi connectivity index (χ1) is 12.7. The Labute approximate surface area is 153 Å². The molecule has 1 aliphatic rings. The molecule has 3 N–H and O–H groups in total. The third-order valence-corrected chi connectivity index (χ3v) is 4.01. The van der Waals surface area contributed by atoms with Crippen LogP contribution in [0.1, 0.15) is 23.1 Å². The standard InChI is InChI=1S/C17H19NO9/c19-14(20)8-11-2-1-3-12-16(11)13(18(24)25)9-17(12,23)4-5-26-6-7-27-10-15(21)22/h1-3,9,23H,4-8,10H2,(H,19,20)(H,21,22). The molecule has 27 heavy (non-hydrogen) atoms. The summed E-state index contributed by atoms with van der Waals surface area (Å²) in [6, 6.07) is 4.54. The molecule has 0 spiro atoms. The number of ether oxygens (including phenoxy) is 2. The van der Waals surface area contributed by atoms with E-state index >= 15 is 0 Å². The van der Waals surface area contributed by atoms with Gasteiger partial charge in [0.2, 0.25) is 0 Å². The average molecular weight is 381 g/mol. The first-order valence-electron chi connectivity index (χ1n) is 8.06. The second-order valence-corrected chi connectivity index (χ2v) is 5.93. The Balaban J connectivity index is 2.08. The van der Waals surface area contributed by atoms with Crippen LogP contribution in [0.5, 0.6) is 0 Å². The van der Waals surface area contributed by atoms with Gasteiger partial charge in [-0.2, -0.15) is 0 Å². The maximum absolute atomic E-state index is 11.4. The highest BCUT2D eigenvalue weighted by Crippen LogP contribution is 2.43. The van der Waals surface area contributed by atoms with Crippen molar-refractivity contribution in [1.82, 2.24) is 0 Å². The maximum atomic E-state index is 11.4. The van der Waals surface area contributed by atoms with Gasteiger partial charge in [-0.3, -0.25) is 14.9 Å². The van der Waals surface area contributed by atoms with Crippen LogP contribution in [0.25, 0.3) is 5.70 Å². The minimum absolute atomic E-state index is 0.00674. The lowest BCUT2D eigenvalue weighted by atomic mass is 9.90. The fourth-order valence-corrected chi connectivity index (χ4v) is 2.91. The summed E-state index contributed by atoms with van der Waals surface area (Å²) in [4.78, 5) is 32.1. The molecule has 10 nitrogen and oxygen atoms in total. The lowest BCUT2D eigenvalue weighted by molar-refractivity contribution is -0.375. The monoisotopic (exact) mass is 381 g/mol. The van der Waals surface area contributed by atoms with Gasteiger partial charge in [0.25, 0.3) is 5.70 Å². The molecule has 1 aromatic rings. The van der Waals surface area contributed by atoms with Gasteiger partial charge in [-0.05, 0) is 5.56 Å². The second kappa shape index (κ2) is 8.71. The summed E-state index contributed by atoms with van der Waals surface area (Å²) in [6.07, 6.45) is 0.710. The number of aliphatic carboxylic acids is 2. The van der Waals surface area contributed by atoms with E-state index < -0.39 is 35.5 Å². The number of hydrogen-bond donors (Lipinski definition) is 3. The molecule has 1 atom stereocenters. The van der Waals surface area contributed by atoms with Crippen molar-refractivity contribution in [3.8, 4) is 0 Å². The van der Waals surface area contributed by atoms with Gasteiger partial charge in [-0.1, -0.05) is 18.2 Å². The summed E-state index contributed by atoms with van der Waals surface area (Å²) >= 11 is 0. The van der Waals surface area contributed by atoms with Crippen molar-refractivity contribution in [2.75, 3.05) is 26.4 Å². The van der Waals surface area contributed by atoms with Crippen LogP contribution in [-0.4, -0.2) is 58.6 Å². The Hall–Kier alpha value is -2.82. The molecule has 0 aliphatic heterocycles. The van der Waals surface area contributed by atoms with Crippen LogP contribution in [0.2, 0.25) is 0 Å². The molecule has 0 bridgehead atoms. The van der Waals surface area contributed by atoms with Crippen LogP contribution >= 0.6 is 0 Å². The minimum atomic E-state index is -1.66. The first-order valence-corrected chi connectivity index (χ1v) is 8.06. The number of nitro groups is 1. The van der Waals surface area contributed by atoms with Crippen molar-refractivity contribution in [2.45, 2.75) is 18.4 Å². The van der Waals surface area contributed by atoms with Gasteiger partial charge in [0.1, 0.15) is 12.2 Å². The van der Waals surface area contributed by atoms with Gasteiger partial charge in [-0.15, -0.1) is 0 Å². The smallest absolute Gasteiger partial charge is 0.329 e. The van der Waals surface area contributed by atoms with Crippen molar-refractivity contribution >= 4 is 17.6 Å². The Morgan fingerprint density at radius 3 is 2.44 bits per heavy atom. The highest BCUT2D eigenvalue weighted by molar-refractivity contribution is 5.78. The number of fused-ring (bicyclic) bond motifs is 1. The van der Waals surface area contributed by atoms with Gasteiger partial charge in [0.05, 0.1) is 36.7 Å². The van der Waals surface area contributed by atoms with E-state index in [1.807, 2.05) is 0 Å². The van der Waals surface area contributed by atoms with E-state index in [-0.39, 0.29) is 48.6 Å². The predicted molar refractivity (Wildman–Crippen MR) is 90.5 cm³/mol. The van der Waals surface area contributed by atoms with Crippen molar-refractivity contribution < 1.29 is 39.3 Å². The van der Waals surface area contributed by atoms with Crippen molar-refractivity contribution in [3.05, 3.63) is 51.1 Å². The van der Waals surface area contributed by atoms with Crippen LogP contribution in [0.3, 0.4) is 0 Å². The van der Waals surface area contributed by atoms with E-state index in [4.69, 9.17) is 19.7 Å². The summed E-state index contributed by atoms with van der Waals surface area (Å²) in [5.41, 5.74) is -1.36. The SMILES string of the molecule is O=C(O)COCCOCCC1(O)C=C([N+](=O)[O-])c2c(CC(=O)O)cccc21. The molecule has 146 valence electrons. The summed E-state index contributed by atoms with van der Waals surface area (Å²) in [6.45, 7) is -0.250. The minimum Gasteiger partial charge on any atom is -0.481 e. The summed E-state index contributed by atoms with van der Waals surface area (Å²) in [5.74, 6) is -2.23. The highest BCUT2D eigenvalue weighted by Gasteiger charge is 2.42. The zero-order valence-electron chi connectivity index (χ0n) is 14.3. The number of carbonyl (C=O) groups is 2. The molecule has 0 heterocycles. The number of nitrogens with zero attached hydrogens (tertiary/aromatic N) is 1. The molecular formula is C17H19NO9. The Morgan fingerprint density at radius 2 is 1.81 bits per heavy atom. The van der Waals surface area contributed by atoms with Crippen LogP contribution in [0.15, 0.2) is 24.3 Å². The zero-order valence-corrected chi connectivity index (χ0v) is 14.3. The van der Waals surface area contributed by atoms with Gasteiger partial charge >= 0.3 is 11.9 Å². The Bertz CT molecular complexity index is 774. The molecule has 1 aromatic carbocycles. The number of aliphatic hydroxyl groups is 1. The molecule has 1 unspecified atom stereocenters. The van der Waals surface area contributed by atoms with Crippen molar-refractivity contribution in [1.29, 1.82) is 0 Å². The van der Waals surface area contributed by atoms with Crippen molar-refractivity contribution in [3.63, 3.8) is 0 Å². The molecule has 0 radical (unpaired) electrons. The number of hydrogen-bond acceptors (Lipinski definition) is 7. The summed E-state index contributed by atoms with van der Waals surface area (Å²) in [5, 5.41) is 39.7.